The number of hydrogen-bond donors (Lipinski definition) is 1. The summed E-state index contributed by atoms with van der Waals surface area (Å²) in [5.74, 6) is 1.07. The molecule has 0 aromatic heterocycles. The molecule has 1 aromatic carbocycles. The minimum Gasteiger partial charge on any atom is -0.486 e. The standard InChI is InChI=1S/C13H16ClNO4/c1-17-3-2-15-12(16)8-9-6-10(14)13-11(7-9)18-4-5-19-13/h6-7H,2-5,8H2,1H3,(H,15,16). The molecule has 0 radical (unpaired) electrons. The molecule has 1 aliphatic rings. The van der Waals surface area contributed by atoms with Crippen LogP contribution in [-0.4, -0.2) is 39.4 Å². The first kappa shape index (κ1) is 14.0. The van der Waals surface area contributed by atoms with Gasteiger partial charge in [-0.25, -0.2) is 0 Å². The Bertz CT molecular complexity index is 464. The highest BCUT2D eigenvalue weighted by molar-refractivity contribution is 6.32. The molecule has 1 amide bonds. The predicted octanol–water partition coefficient (Wildman–Crippen LogP) is 1.42. The quantitative estimate of drug-likeness (QED) is 0.831. The molecule has 0 saturated heterocycles. The molecule has 1 aliphatic heterocycles. The monoisotopic (exact) mass is 285 g/mol. The summed E-state index contributed by atoms with van der Waals surface area (Å²) >= 11 is 6.10. The maximum Gasteiger partial charge on any atom is 0.224 e. The van der Waals surface area contributed by atoms with Gasteiger partial charge in [0, 0.05) is 13.7 Å². The number of ether oxygens (including phenoxy) is 3. The third-order valence-corrected chi connectivity index (χ3v) is 2.93. The number of carbonyl (C=O) groups is 1. The van der Waals surface area contributed by atoms with Crippen LogP contribution >= 0.6 is 11.6 Å². The molecule has 0 bridgehead atoms. The zero-order chi connectivity index (χ0) is 13.7. The van der Waals surface area contributed by atoms with Gasteiger partial charge in [0.15, 0.2) is 11.5 Å². The third kappa shape index (κ3) is 3.75. The Kier molecular flexibility index (Phi) is 4.87. The third-order valence-electron chi connectivity index (χ3n) is 2.65. The Morgan fingerprint density at radius 1 is 1.42 bits per heavy atom. The van der Waals surface area contributed by atoms with Gasteiger partial charge < -0.3 is 19.5 Å². The fraction of sp³-hybridized carbons (Fsp3) is 0.462. The van der Waals surface area contributed by atoms with Gasteiger partial charge in [0.1, 0.15) is 13.2 Å². The highest BCUT2D eigenvalue weighted by Gasteiger charge is 2.17. The second-order valence-electron chi connectivity index (χ2n) is 4.12. The van der Waals surface area contributed by atoms with Crippen molar-refractivity contribution in [2.45, 2.75) is 6.42 Å². The Balaban J connectivity index is 2.01. The van der Waals surface area contributed by atoms with Gasteiger partial charge in [-0.05, 0) is 17.7 Å². The fourth-order valence-electron chi connectivity index (χ4n) is 1.81. The lowest BCUT2D eigenvalue weighted by molar-refractivity contribution is -0.120. The molecule has 104 valence electrons. The summed E-state index contributed by atoms with van der Waals surface area (Å²) in [5.41, 5.74) is 0.796. The number of benzene rings is 1. The van der Waals surface area contributed by atoms with Gasteiger partial charge in [0.25, 0.3) is 0 Å². The van der Waals surface area contributed by atoms with Crippen molar-refractivity contribution in [3.8, 4) is 11.5 Å². The molecule has 2 rings (SSSR count). The minimum absolute atomic E-state index is 0.0789. The summed E-state index contributed by atoms with van der Waals surface area (Å²) in [6.07, 6.45) is 0.250. The van der Waals surface area contributed by atoms with Crippen LogP contribution in [0.5, 0.6) is 11.5 Å². The number of rotatable bonds is 5. The molecule has 0 atom stereocenters. The lowest BCUT2D eigenvalue weighted by Crippen LogP contribution is -2.28. The van der Waals surface area contributed by atoms with Crippen LogP contribution in [-0.2, 0) is 16.0 Å². The largest absolute Gasteiger partial charge is 0.486 e. The fourth-order valence-corrected chi connectivity index (χ4v) is 2.09. The SMILES string of the molecule is COCCNC(=O)Cc1cc(Cl)c2c(c1)OCCO2. The van der Waals surface area contributed by atoms with Gasteiger partial charge in [0.2, 0.25) is 5.91 Å². The average Bonchev–Trinajstić information content (AvgIpc) is 2.39. The first-order valence-corrected chi connectivity index (χ1v) is 6.42. The number of halogens is 1. The Morgan fingerprint density at radius 2 is 2.21 bits per heavy atom. The van der Waals surface area contributed by atoms with Crippen LogP contribution in [0.3, 0.4) is 0 Å². The molecule has 0 unspecified atom stereocenters. The minimum atomic E-state index is -0.0789. The van der Waals surface area contributed by atoms with Crippen molar-refractivity contribution in [1.29, 1.82) is 0 Å². The lowest BCUT2D eigenvalue weighted by Gasteiger charge is -2.20. The van der Waals surface area contributed by atoms with E-state index in [1.807, 2.05) is 0 Å². The number of nitrogens with one attached hydrogen (secondary N) is 1. The van der Waals surface area contributed by atoms with Gasteiger partial charge in [-0.1, -0.05) is 11.6 Å². The molecule has 5 nitrogen and oxygen atoms in total. The smallest absolute Gasteiger partial charge is 0.224 e. The van der Waals surface area contributed by atoms with E-state index in [2.05, 4.69) is 5.32 Å². The second-order valence-corrected chi connectivity index (χ2v) is 4.53. The summed E-state index contributed by atoms with van der Waals surface area (Å²) in [5, 5.41) is 3.22. The molecule has 1 heterocycles. The Labute approximate surface area is 116 Å². The first-order valence-electron chi connectivity index (χ1n) is 6.04. The number of fused-ring (bicyclic) bond motifs is 1. The van der Waals surface area contributed by atoms with Crippen molar-refractivity contribution < 1.29 is 19.0 Å². The first-order chi connectivity index (χ1) is 9.20. The topological polar surface area (TPSA) is 56.8 Å². The molecular formula is C13H16ClNO4. The van der Waals surface area contributed by atoms with E-state index in [4.69, 9.17) is 25.8 Å². The van der Waals surface area contributed by atoms with Crippen molar-refractivity contribution in [3.63, 3.8) is 0 Å². The van der Waals surface area contributed by atoms with Crippen LogP contribution in [0.2, 0.25) is 5.02 Å². The molecule has 19 heavy (non-hydrogen) atoms. The van der Waals surface area contributed by atoms with Crippen LogP contribution in [0.15, 0.2) is 12.1 Å². The van der Waals surface area contributed by atoms with Crippen LogP contribution in [0.1, 0.15) is 5.56 Å². The molecule has 6 heteroatoms. The van der Waals surface area contributed by atoms with Crippen LogP contribution in [0.25, 0.3) is 0 Å². The molecular weight excluding hydrogens is 270 g/mol. The lowest BCUT2D eigenvalue weighted by atomic mass is 10.1. The number of hydrogen-bond acceptors (Lipinski definition) is 4. The van der Waals surface area contributed by atoms with Gasteiger partial charge >= 0.3 is 0 Å². The zero-order valence-corrected chi connectivity index (χ0v) is 11.5. The summed E-state index contributed by atoms with van der Waals surface area (Å²) in [6, 6.07) is 3.52. The molecule has 0 aliphatic carbocycles. The summed E-state index contributed by atoms with van der Waals surface area (Å²) in [7, 11) is 1.59. The number of carbonyl (C=O) groups excluding carboxylic acids is 1. The highest BCUT2D eigenvalue weighted by Crippen LogP contribution is 2.38. The van der Waals surface area contributed by atoms with Gasteiger partial charge in [0.05, 0.1) is 18.1 Å². The van der Waals surface area contributed by atoms with E-state index in [9.17, 15) is 4.79 Å². The predicted molar refractivity (Wildman–Crippen MR) is 71.0 cm³/mol. The van der Waals surface area contributed by atoms with Gasteiger partial charge in [-0.3, -0.25) is 4.79 Å². The van der Waals surface area contributed by atoms with Crippen molar-refractivity contribution in [2.75, 3.05) is 33.5 Å². The normalized spacial score (nSPS) is 13.2. The summed E-state index contributed by atoms with van der Waals surface area (Å²) < 4.78 is 15.7. The van der Waals surface area contributed by atoms with Gasteiger partial charge in [-0.15, -0.1) is 0 Å². The molecule has 1 aromatic rings. The van der Waals surface area contributed by atoms with E-state index in [1.54, 1.807) is 19.2 Å². The van der Waals surface area contributed by atoms with Gasteiger partial charge in [-0.2, -0.15) is 0 Å². The van der Waals surface area contributed by atoms with Crippen LogP contribution in [0.4, 0.5) is 0 Å². The number of methoxy groups -OCH3 is 1. The summed E-state index contributed by atoms with van der Waals surface area (Å²) in [6.45, 7) is 1.97. The molecule has 0 saturated carbocycles. The van der Waals surface area contributed by atoms with E-state index < -0.39 is 0 Å². The van der Waals surface area contributed by atoms with E-state index in [0.29, 0.717) is 42.9 Å². The maximum absolute atomic E-state index is 11.7. The molecule has 0 spiro atoms. The zero-order valence-electron chi connectivity index (χ0n) is 10.7. The van der Waals surface area contributed by atoms with E-state index in [-0.39, 0.29) is 12.3 Å². The highest BCUT2D eigenvalue weighted by atomic mass is 35.5. The van der Waals surface area contributed by atoms with E-state index in [1.165, 1.54) is 0 Å². The average molecular weight is 286 g/mol. The molecule has 0 fully saturated rings. The Hall–Kier alpha value is -1.46. The molecule has 1 N–H and O–H groups in total. The van der Waals surface area contributed by atoms with Crippen molar-refractivity contribution in [1.82, 2.24) is 5.32 Å². The van der Waals surface area contributed by atoms with Crippen LogP contribution in [0, 0.1) is 0 Å². The van der Waals surface area contributed by atoms with Crippen molar-refractivity contribution >= 4 is 17.5 Å². The van der Waals surface area contributed by atoms with E-state index >= 15 is 0 Å². The number of amides is 1. The maximum atomic E-state index is 11.7. The van der Waals surface area contributed by atoms with Crippen molar-refractivity contribution in [2.24, 2.45) is 0 Å². The Morgan fingerprint density at radius 3 is 3.00 bits per heavy atom. The second kappa shape index (κ2) is 6.63. The van der Waals surface area contributed by atoms with Crippen molar-refractivity contribution in [3.05, 3.63) is 22.7 Å². The van der Waals surface area contributed by atoms with Crippen LogP contribution < -0.4 is 14.8 Å². The summed E-state index contributed by atoms with van der Waals surface area (Å²) in [4.78, 5) is 11.7. The van der Waals surface area contributed by atoms with E-state index in [0.717, 1.165) is 5.56 Å².